The van der Waals surface area contributed by atoms with E-state index < -0.39 is 5.91 Å². The van der Waals surface area contributed by atoms with Crippen molar-refractivity contribution in [2.75, 3.05) is 6.54 Å². The van der Waals surface area contributed by atoms with Gasteiger partial charge in [0.25, 0.3) is 5.91 Å². The Morgan fingerprint density at radius 3 is 2.57 bits per heavy atom. The van der Waals surface area contributed by atoms with Crippen molar-refractivity contribution >= 4 is 5.91 Å². The second-order valence-corrected chi connectivity index (χ2v) is 9.28. The van der Waals surface area contributed by atoms with Crippen molar-refractivity contribution in [2.24, 2.45) is 5.92 Å². The summed E-state index contributed by atoms with van der Waals surface area (Å²) in [7, 11) is 0. The van der Waals surface area contributed by atoms with E-state index in [9.17, 15) is 4.79 Å². The maximum absolute atomic E-state index is 11.8. The number of fused-ring (bicyclic) bond motifs is 4. The van der Waals surface area contributed by atoms with Crippen molar-refractivity contribution in [1.82, 2.24) is 20.3 Å². The molecule has 0 spiro atoms. The summed E-state index contributed by atoms with van der Waals surface area (Å²) in [5.74, 6) is 0.373. The van der Waals surface area contributed by atoms with Crippen LogP contribution in [0.1, 0.15) is 73.5 Å². The summed E-state index contributed by atoms with van der Waals surface area (Å²) >= 11 is 0. The highest BCUT2D eigenvalue weighted by molar-refractivity contribution is 5.93. The summed E-state index contributed by atoms with van der Waals surface area (Å²) in [6.45, 7) is 4.29. The molecular formula is C22H32N4O2. The molecule has 28 heavy (non-hydrogen) atoms. The normalized spacial score (nSPS) is 32.9. The molecule has 2 aliphatic carbocycles. The molecule has 2 bridgehead atoms. The maximum Gasteiger partial charge on any atom is 0.276 e. The van der Waals surface area contributed by atoms with E-state index in [1.54, 1.807) is 11.7 Å². The third kappa shape index (κ3) is 3.25. The van der Waals surface area contributed by atoms with Crippen LogP contribution in [-0.4, -0.2) is 56.6 Å². The van der Waals surface area contributed by atoms with E-state index in [4.69, 9.17) is 5.21 Å². The van der Waals surface area contributed by atoms with Crippen molar-refractivity contribution in [3.05, 3.63) is 29.1 Å². The molecule has 1 aromatic heterocycles. The van der Waals surface area contributed by atoms with Gasteiger partial charge >= 0.3 is 0 Å². The van der Waals surface area contributed by atoms with Gasteiger partial charge in [-0.2, -0.15) is 0 Å². The number of hydrogen-bond donors (Lipinski definition) is 2. The van der Waals surface area contributed by atoms with Crippen molar-refractivity contribution in [3.63, 3.8) is 0 Å². The smallest absolute Gasteiger partial charge is 0.276 e. The van der Waals surface area contributed by atoms with Crippen LogP contribution in [0.4, 0.5) is 0 Å². The van der Waals surface area contributed by atoms with Gasteiger partial charge in [-0.15, -0.1) is 0 Å². The fraction of sp³-hybridized carbons (Fsp3) is 0.727. The van der Waals surface area contributed by atoms with Gasteiger partial charge in [0.15, 0.2) is 0 Å². The fourth-order valence-electron chi connectivity index (χ4n) is 6.09. The van der Waals surface area contributed by atoms with Crippen molar-refractivity contribution in [2.45, 2.75) is 89.0 Å². The Morgan fingerprint density at radius 1 is 1.21 bits per heavy atom. The quantitative estimate of drug-likeness (QED) is 0.603. The van der Waals surface area contributed by atoms with Gasteiger partial charge in [0.1, 0.15) is 0 Å². The number of hydroxylamine groups is 1. The topological polar surface area (TPSA) is 68.7 Å². The van der Waals surface area contributed by atoms with Gasteiger partial charge in [0.2, 0.25) is 0 Å². The molecule has 152 valence electrons. The zero-order chi connectivity index (χ0) is 19.3. The Balaban J connectivity index is 1.38. The number of nitrogens with one attached hydrogen (secondary N) is 1. The van der Waals surface area contributed by atoms with Crippen LogP contribution in [-0.2, 0) is 13.0 Å². The number of carbonyl (C=O) groups is 1. The number of hydrogen-bond acceptors (Lipinski definition) is 5. The minimum absolute atomic E-state index is 0.437. The molecule has 2 atom stereocenters. The Labute approximate surface area is 167 Å². The number of pyridine rings is 1. The minimum Gasteiger partial charge on any atom is -0.294 e. The van der Waals surface area contributed by atoms with Gasteiger partial charge in [0.05, 0.1) is 5.56 Å². The molecule has 5 aliphatic rings. The molecule has 1 amide bonds. The lowest BCUT2D eigenvalue weighted by atomic mass is 9.74. The molecule has 6 rings (SSSR count). The number of amides is 1. The van der Waals surface area contributed by atoms with E-state index in [1.165, 1.54) is 38.5 Å². The highest BCUT2D eigenvalue weighted by atomic mass is 16.5. The van der Waals surface area contributed by atoms with Gasteiger partial charge in [-0.1, -0.05) is 6.92 Å². The van der Waals surface area contributed by atoms with E-state index >= 15 is 0 Å². The molecule has 2 saturated carbocycles. The van der Waals surface area contributed by atoms with Crippen LogP contribution in [0.25, 0.3) is 0 Å². The standard InChI is InChI=1S/C22H32N4O2/c1-2-17-10-20-16(9-15(11-23-20)22(27)24-28)12-25(17)13-21-14-3-5-18(6-4-14)26(21)19-7-8-19/h9,11,14,17-19,21,28H,2-8,10,12-13H2,1H3,(H,24,27)/t14?,17-,18?,21+/m1/s1. The number of aromatic nitrogens is 1. The first-order chi connectivity index (χ1) is 13.7. The largest absolute Gasteiger partial charge is 0.294 e. The summed E-state index contributed by atoms with van der Waals surface area (Å²) in [6.07, 6.45) is 12.1. The van der Waals surface area contributed by atoms with Crippen LogP contribution in [0.3, 0.4) is 0 Å². The zero-order valence-corrected chi connectivity index (χ0v) is 16.8. The number of piperidine rings is 2. The molecule has 0 unspecified atom stereocenters. The lowest BCUT2D eigenvalue weighted by Gasteiger charge is -2.54. The Hall–Kier alpha value is -1.50. The number of nitrogens with zero attached hydrogens (tertiary/aromatic N) is 3. The molecule has 2 saturated heterocycles. The van der Waals surface area contributed by atoms with E-state index in [0.29, 0.717) is 17.6 Å². The first kappa shape index (κ1) is 18.5. The van der Waals surface area contributed by atoms with E-state index in [-0.39, 0.29) is 0 Å². The first-order valence-electron chi connectivity index (χ1n) is 11.1. The average molecular weight is 385 g/mol. The zero-order valence-electron chi connectivity index (χ0n) is 16.8. The van der Waals surface area contributed by atoms with Gasteiger partial charge in [-0.05, 0) is 62.5 Å². The van der Waals surface area contributed by atoms with Crippen molar-refractivity contribution in [1.29, 1.82) is 0 Å². The molecule has 1 aromatic rings. The molecule has 4 heterocycles. The molecule has 6 heteroatoms. The predicted octanol–water partition coefficient (Wildman–Crippen LogP) is 2.74. The number of carbonyl (C=O) groups excluding carboxylic acids is 1. The summed E-state index contributed by atoms with van der Waals surface area (Å²) < 4.78 is 0. The Bertz CT molecular complexity index is 742. The van der Waals surface area contributed by atoms with Crippen LogP contribution in [0.2, 0.25) is 0 Å². The molecule has 3 aliphatic heterocycles. The molecule has 0 aromatic carbocycles. The Morgan fingerprint density at radius 2 is 1.93 bits per heavy atom. The van der Waals surface area contributed by atoms with Gasteiger partial charge in [-0.25, -0.2) is 5.48 Å². The maximum atomic E-state index is 11.8. The van der Waals surface area contributed by atoms with E-state index in [1.807, 2.05) is 6.07 Å². The van der Waals surface area contributed by atoms with Crippen LogP contribution < -0.4 is 5.48 Å². The summed E-state index contributed by atoms with van der Waals surface area (Å²) in [6, 6.07) is 4.81. The monoisotopic (exact) mass is 384 g/mol. The van der Waals surface area contributed by atoms with E-state index in [0.717, 1.165) is 55.2 Å². The summed E-state index contributed by atoms with van der Waals surface area (Å²) in [5, 5.41) is 8.94. The molecule has 2 N–H and O–H groups in total. The summed E-state index contributed by atoms with van der Waals surface area (Å²) in [5.41, 5.74) is 4.42. The second-order valence-electron chi connectivity index (χ2n) is 9.28. The van der Waals surface area contributed by atoms with Crippen LogP contribution in [0.5, 0.6) is 0 Å². The van der Waals surface area contributed by atoms with Crippen LogP contribution >= 0.6 is 0 Å². The molecular weight excluding hydrogens is 352 g/mol. The van der Waals surface area contributed by atoms with Gasteiger partial charge in [0, 0.05) is 55.6 Å². The minimum atomic E-state index is -0.482. The highest BCUT2D eigenvalue weighted by Gasteiger charge is 2.48. The Kier molecular flexibility index (Phi) is 4.89. The summed E-state index contributed by atoms with van der Waals surface area (Å²) in [4.78, 5) is 21.9. The predicted molar refractivity (Wildman–Crippen MR) is 106 cm³/mol. The van der Waals surface area contributed by atoms with Crippen molar-refractivity contribution in [3.8, 4) is 0 Å². The second kappa shape index (κ2) is 7.39. The number of rotatable bonds is 5. The van der Waals surface area contributed by atoms with Crippen LogP contribution in [0, 0.1) is 5.92 Å². The van der Waals surface area contributed by atoms with Crippen LogP contribution in [0.15, 0.2) is 12.3 Å². The average Bonchev–Trinajstić information content (AvgIpc) is 3.58. The molecule has 0 radical (unpaired) electrons. The fourth-order valence-corrected chi connectivity index (χ4v) is 6.09. The highest BCUT2D eigenvalue weighted by Crippen LogP contribution is 2.46. The SMILES string of the molecule is CC[C@@H]1Cc2ncc(C(=O)NO)cc2CN1C[C@H]1C2CCC(CC2)N1C1CC1. The van der Waals surface area contributed by atoms with Gasteiger partial charge in [-0.3, -0.25) is 24.8 Å². The molecule has 6 nitrogen and oxygen atoms in total. The molecule has 4 fully saturated rings. The lowest BCUT2D eigenvalue weighted by molar-refractivity contribution is -0.0421. The lowest BCUT2D eigenvalue weighted by Crippen LogP contribution is -2.60. The first-order valence-corrected chi connectivity index (χ1v) is 11.1. The van der Waals surface area contributed by atoms with Crippen molar-refractivity contribution < 1.29 is 10.0 Å². The third-order valence-electron chi connectivity index (χ3n) is 7.69. The third-order valence-corrected chi connectivity index (χ3v) is 7.69. The van der Waals surface area contributed by atoms with Gasteiger partial charge < -0.3 is 0 Å². The van der Waals surface area contributed by atoms with E-state index in [2.05, 4.69) is 21.7 Å².